The van der Waals surface area contributed by atoms with Gasteiger partial charge in [-0.2, -0.15) is 0 Å². The number of rotatable bonds is 8. The van der Waals surface area contributed by atoms with Crippen LogP contribution in [0.25, 0.3) is 0 Å². The average molecular weight is 297 g/mol. The lowest BCUT2D eigenvalue weighted by molar-refractivity contribution is 0.172. The van der Waals surface area contributed by atoms with Gasteiger partial charge in [0, 0.05) is 30.7 Å². The molecule has 114 valence electrons. The van der Waals surface area contributed by atoms with Crippen molar-refractivity contribution in [2.24, 2.45) is 5.41 Å². The summed E-state index contributed by atoms with van der Waals surface area (Å²) in [5.41, 5.74) is 1.62. The fourth-order valence-electron chi connectivity index (χ4n) is 2.35. The summed E-state index contributed by atoms with van der Waals surface area (Å²) in [4.78, 5) is 2.40. The molecule has 1 aromatic rings. The molecule has 1 atom stereocenters. The quantitative estimate of drug-likeness (QED) is 0.774. The Hall–Kier alpha value is -0.570. The molecular weight excluding hydrogens is 268 g/mol. The molecule has 2 nitrogen and oxygen atoms in total. The molecule has 0 aliphatic rings. The molecule has 0 fully saturated rings. The maximum Gasteiger partial charge on any atom is 0.0406 e. The Morgan fingerprint density at radius 1 is 1.25 bits per heavy atom. The van der Waals surface area contributed by atoms with Crippen molar-refractivity contribution in [3.63, 3.8) is 0 Å². The molecule has 0 saturated carbocycles. The lowest BCUT2D eigenvalue weighted by Gasteiger charge is -2.34. The maximum absolute atomic E-state index is 5.93. The average Bonchev–Trinajstić information content (AvgIpc) is 2.39. The zero-order chi connectivity index (χ0) is 15.2. The first-order valence-electron chi connectivity index (χ1n) is 7.51. The van der Waals surface area contributed by atoms with Crippen LogP contribution in [0, 0.1) is 5.41 Å². The van der Waals surface area contributed by atoms with E-state index in [1.54, 1.807) is 0 Å². The van der Waals surface area contributed by atoms with Gasteiger partial charge in [-0.3, -0.25) is 0 Å². The zero-order valence-electron chi connectivity index (χ0n) is 13.5. The topological polar surface area (TPSA) is 15.3 Å². The lowest BCUT2D eigenvalue weighted by atomic mass is 9.86. The van der Waals surface area contributed by atoms with Gasteiger partial charge in [-0.25, -0.2) is 0 Å². The molecule has 1 rings (SSSR count). The van der Waals surface area contributed by atoms with Gasteiger partial charge >= 0.3 is 0 Å². The molecule has 0 saturated heterocycles. The van der Waals surface area contributed by atoms with Gasteiger partial charge in [0.15, 0.2) is 0 Å². The van der Waals surface area contributed by atoms with Gasteiger partial charge < -0.3 is 10.2 Å². The van der Waals surface area contributed by atoms with Crippen molar-refractivity contribution in [1.82, 2.24) is 10.2 Å². The first-order valence-corrected chi connectivity index (χ1v) is 7.89. The number of nitrogens with one attached hydrogen (secondary N) is 1. The number of halogens is 1. The third-order valence-corrected chi connectivity index (χ3v) is 4.06. The Morgan fingerprint density at radius 3 is 2.35 bits per heavy atom. The first-order chi connectivity index (χ1) is 9.34. The van der Waals surface area contributed by atoms with Gasteiger partial charge in [0.25, 0.3) is 0 Å². The van der Waals surface area contributed by atoms with Crippen LogP contribution in [0.4, 0.5) is 0 Å². The minimum atomic E-state index is 0.311. The van der Waals surface area contributed by atoms with Crippen molar-refractivity contribution >= 4 is 11.6 Å². The van der Waals surface area contributed by atoms with Gasteiger partial charge in [-0.15, -0.1) is 0 Å². The van der Waals surface area contributed by atoms with Crippen LogP contribution >= 0.6 is 11.6 Å². The van der Waals surface area contributed by atoms with E-state index in [9.17, 15) is 0 Å². The number of hydrogen-bond donors (Lipinski definition) is 1. The zero-order valence-corrected chi connectivity index (χ0v) is 14.3. The van der Waals surface area contributed by atoms with Crippen LogP contribution < -0.4 is 5.32 Å². The molecule has 20 heavy (non-hydrogen) atoms. The van der Waals surface area contributed by atoms with Crippen LogP contribution in [0.5, 0.6) is 0 Å². The van der Waals surface area contributed by atoms with Crippen molar-refractivity contribution in [2.75, 3.05) is 20.1 Å². The van der Waals surface area contributed by atoms with Gasteiger partial charge in [-0.1, -0.05) is 51.4 Å². The fraction of sp³-hybridized carbons (Fsp3) is 0.647. The van der Waals surface area contributed by atoms with Crippen LogP contribution in [-0.4, -0.2) is 31.1 Å². The predicted molar refractivity (Wildman–Crippen MR) is 89.3 cm³/mol. The summed E-state index contributed by atoms with van der Waals surface area (Å²) < 4.78 is 0. The number of hydrogen-bond acceptors (Lipinski definition) is 2. The van der Waals surface area contributed by atoms with Crippen LogP contribution in [0.1, 0.15) is 39.7 Å². The van der Waals surface area contributed by atoms with Crippen LogP contribution in [-0.2, 0) is 6.54 Å². The molecule has 0 aliphatic heterocycles. The molecule has 0 radical (unpaired) electrons. The Kier molecular flexibility index (Phi) is 7.01. The number of benzene rings is 1. The highest BCUT2D eigenvalue weighted by molar-refractivity contribution is 6.30. The van der Waals surface area contributed by atoms with E-state index < -0.39 is 0 Å². The predicted octanol–water partition coefficient (Wildman–Crippen LogP) is 4.19. The van der Waals surface area contributed by atoms with Crippen LogP contribution in [0.15, 0.2) is 24.3 Å². The molecule has 0 amide bonds. The van der Waals surface area contributed by atoms with E-state index in [-0.39, 0.29) is 0 Å². The maximum atomic E-state index is 5.93. The molecule has 0 aromatic heterocycles. The second-order valence-electron chi connectivity index (χ2n) is 6.50. The van der Waals surface area contributed by atoms with Gasteiger partial charge in [0.05, 0.1) is 0 Å². The summed E-state index contributed by atoms with van der Waals surface area (Å²) in [5.74, 6) is 0. The summed E-state index contributed by atoms with van der Waals surface area (Å²) in [5, 5.41) is 4.37. The smallest absolute Gasteiger partial charge is 0.0406 e. The van der Waals surface area contributed by atoms with E-state index >= 15 is 0 Å². The molecule has 0 spiro atoms. The standard InChI is InChI=1S/C17H29ClN2/c1-6-17(4,12-19-14(2)3)13-20(5)11-15-7-9-16(18)10-8-15/h7-10,14,19H,6,11-13H2,1-5H3. The van der Waals surface area contributed by atoms with Crippen molar-refractivity contribution in [2.45, 2.75) is 46.7 Å². The minimum absolute atomic E-state index is 0.311. The molecule has 1 unspecified atom stereocenters. The van der Waals surface area contributed by atoms with Crippen LogP contribution in [0.2, 0.25) is 5.02 Å². The van der Waals surface area contributed by atoms with Crippen LogP contribution in [0.3, 0.4) is 0 Å². The summed E-state index contributed by atoms with van der Waals surface area (Å²) in [7, 11) is 2.19. The Labute approximate surface area is 129 Å². The van der Waals surface area contributed by atoms with E-state index in [1.165, 1.54) is 12.0 Å². The summed E-state index contributed by atoms with van der Waals surface area (Å²) in [6.07, 6.45) is 1.18. The largest absolute Gasteiger partial charge is 0.314 e. The van der Waals surface area contributed by atoms with Crippen molar-refractivity contribution in [3.8, 4) is 0 Å². The second kappa shape index (κ2) is 8.02. The summed E-state index contributed by atoms with van der Waals surface area (Å²) in [6.45, 7) is 12.2. The monoisotopic (exact) mass is 296 g/mol. The third kappa shape index (κ3) is 6.25. The molecule has 1 N–H and O–H groups in total. The Balaban J connectivity index is 2.53. The van der Waals surface area contributed by atoms with E-state index in [0.717, 1.165) is 24.7 Å². The minimum Gasteiger partial charge on any atom is -0.314 e. The van der Waals surface area contributed by atoms with E-state index in [4.69, 9.17) is 11.6 Å². The highest BCUT2D eigenvalue weighted by Crippen LogP contribution is 2.22. The van der Waals surface area contributed by atoms with Crippen molar-refractivity contribution < 1.29 is 0 Å². The molecular formula is C17H29ClN2. The fourth-order valence-corrected chi connectivity index (χ4v) is 2.48. The van der Waals surface area contributed by atoms with Gasteiger partial charge in [-0.05, 0) is 36.6 Å². The first kappa shape index (κ1) is 17.5. The van der Waals surface area contributed by atoms with Gasteiger partial charge in [0.2, 0.25) is 0 Å². The van der Waals surface area contributed by atoms with E-state index in [2.05, 4.69) is 57.1 Å². The molecule has 0 bridgehead atoms. The molecule has 3 heteroatoms. The summed E-state index contributed by atoms with van der Waals surface area (Å²) in [6, 6.07) is 8.68. The van der Waals surface area contributed by atoms with Crippen molar-refractivity contribution in [3.05, 3.63) is 34.9 Å². The molecule has 0 heterocycles. The van der Waals surface area contributed by atoms with Crippen molar-refractivity contribution in [1.29, 1.82) is 0 Å². The highest BCUT2D eigenvalue weighted by atomic mass is 35.5. The Morgan fingerprint density at radius 2 is 1.85 bits per heavy atom. The second-order valence-corrected chi connectivity index (χ2v) is 6.94. The number of nitrogens with zero attached hydrogens (tertiary/aromatic N) is 1. The molecule has 1 aromatic carbocycles. The molecule has 0 aliphatic carbocycles. The van der Waals surface area contributed by atoms with E-state index in [1.807, 2.05) is 12.1 Å². The normalized spacial score (nSPS) is 14.8. The SMILES string of the molecule is CCC(C)(CNC(C)C)CN(C)Cc1ccc(Cl)cc1. The van der Waals surface area contributed by atoms with E-state index in [0.29, 0.717) is 11.5 Å². The Bertz CT molecular complexity index is 388. The third-order valence-electron chi connectivity index (χ3n) is 3.81. The summed E-state index contributed by atoms with van der Waals surface area (Å²) >= 11 is 5.93. The lowest BCUT2D eigenvalue weighted by Crippen LogP contribution is -2.42. The highest BCUT2D eigenvalue weighted by Gasteiger charge is 2.24. The van der Waals surface area contributed by atoms with Gasteiger partial charge in [0.1, 0.15) is 0 Å².